The van der Waals surface area contributed by atoms with Crippen LogP contribution in [-0.4, -0.2) is 85.5 Å². The lowest BCUT2D eigenvalue weighted by Crippen LogP contribution is -2.53. The number of amides is 3. The first-order valence-corrected chi connectivity index (χ1v) is 13.4. The summed E-state index contributed by atoms with van der Waals surface area (Å²) < 4.78 is 5.55. The van der Waals surface area contributed by atoms with E-state index >= 15 is 0 Å². The Morgan fingerprint density at radius 1 is 0.800 bits per heavy atom. The number of benzene rings is 1. The number of nitrogens with zero attached hydrogens (tertiary/aromatic N) is 3. The molecule has 4 fully saturated rings. The predicted octanol–water partition coefficient (Wildman–Crippen LogP) is 2.43. The quantitative estimate of drug-likeness (QED) is 0.697. The van der Waals surface area contributed by atoms with Crippen LogP contribution < -0.4 is 10.2 Å². The van der Waals surface area contributed by atoms with Crippen molar-refractivity contribution in [1.82, 2.24) is 15.1 Å². The zero-order valence-electron chi connectivity index (χ0n) is 20.6. The molecule has 0 spiro atoms. The summed E-state index contributed by atoms with van der Waals surface area (Å²) in [7, 11) is 0. The van der Waals surface area contributed by atoms with E-state index in [0.717, 1.165) is 62.9 Å². The van der Waals surface area contributed by atoms with E-state index in [-0.39, 0.29) is 35.8 Å². The van der Waals surface area contributed by atoms with Crippen molar-refractivity contribution < 1.29 is 19.1 Å². The first kappa shape index (κ1) is 24.1. The highest BCUT2D eigenvalue weighted by atomic mass is 16.5. The summed E-state index contributed by atoms with van der Waals surface area (Å²) >= 11 is 0. The number of hydrogen-bond acceptors (Lipinski definition) is 5. The Bertz CT molecular complexity index is 910. The molecule has 8 nitrogen and oxygen atoms in total. The third-order valence-electron chi connectivity index (χ3n) is 8.13. The van der Waals surface area contributed by atoms with Gasteiger partial charge in [-0.3, -0.25) is 14.4 Å². The standard InChI is InChI=1S/C27H38N4O4/c32-25(20-6-1-2-7-20)28-21-11-13-29(14-12-21)23-9-4-3-8-22(23)26(33)30-15-17-31(18-16-30)27(34)24-10-5-19-35-24/h3-4,8-9,20-21,24H,1-2,5-7,10-19H2,(H,28,32). The van der Waals surface area contributed by atoms with Crippen LogP contribution in [-0.2, 0) is 14.3 Å². The molecule has 8 heteroatoms. The van der Waals surface area contributed by atoms with Gasteiger partial charge in [0, 0.05) is 63.5 Å². The predicted molar refractivity (Wildman–Crippen MR) is 133 cm³/mol. The van der Waals surface area contributed by atoms with Crippen LogP contribution in [0, 0.1) is 5.92 Å². The molecular formula is C27H38N4O4. The van der Waals surface area contributed by atoms with Crippen LogP contribution in [0.4, 0.5) is 5.69 Å². The summed E-state index contributed by atoms with van der Waals surface area (Å²) in [5.41, 5.74) is 1.69. The maximum atomic E-state index is 13.5. The van der Waals surface area contributed by atoms with Crippen molar-refractivity contribution in [2.45, 2.75) is 63.5 Å². The Labute approximate surface area is 207 Å². The zero-order valence-corrected chi connectivity index (χ0v) is 20.6. The number of ether oxygens (including phenoxy) is 1. The molecule has 1 aliphatic carbocycles. The van der Waals surface area contributed by atoms with Crippen LogP contribution in [0.5, 0.6) is 0 Å². The number of piperazine rings is 1. The van der Waals surface area contributed by atoms with E-state index in [9.17, 15) is 14.4 Å². The molecule has 0 bridgehead atoms. The van der Waals surface area contributed by atoms with Crippen LogP contribution in [0.25, 0.3) is 0 Å². The number of carbonyl (C=O) groups is 3. The van der Waals surface area contributed by atoms with Crippen molar-refractivity contribution in [3.8, 4) is 0 Å². The largest absolute Gasteiger partial charge is 0.371 e. The third kappa shape index (κ3) is 5.47. The minimum absolute atomic E-state index is 0.0291. The van der Waals surface area contributed by atoms with Crippen LogP contribution in [0.15, 0.2) is 24.3 Å². The first-order valence-electron chi connectivity index (χ1n) is 13.4. The van der Waals surface area contributed by atoms with E-state index in [4.69, 9.17) is 4.74 Å². The van der Waals surface area contributed by atoms with Gasteiger partial charge in [0.25, 0.3) is 11.8 Å². The summed E-state index contributed by atoms with van der Waals surface area (Å²) in [6, 6.07) is 8.06. The highest BCUT2D eigenvalue weighted by Gasteiger charge is 2.33. The summed E-state index contributed by atoms with van der Waals surface area (Å²) in [6.45, 7) is 4.50. The molecule has 5 rings (SSSR count). The lowest BCUT2D eigenvalue weighted by molar-refractivity contribution is -0.142. The van der Waals surface area contributed by atoms with Gasteiger partial charge < -0.3 is 24.8 Å². The van der Waals surface area contributed by atoms with Gasteiger partial charge in [-0.1, -0.05) is 25.0 Å². The number of anilines is 1. The van der Waals surface area contributed by atoms with Gasteiger partial charge in [0.1, 0.15) is 6.10 Å². The molecule has 35 heavy (non-hydrogen) atoms. The average Bonchev–Trinajstić information content (AvgIpc) is 3.64. The van der Waals surface area contributed by atoms with Crippen molar-refractivity contribution in [3.63, 3.8) is 0 Å². The lowest BCUT2D eigenvalue weighted by Gasteiger charge is -2.38. The van der Waals surface area contributed by atoms with Crippen LogP contribution in [0.2, 0.25) is 0 Å². The molecule has 0 aromatic heterocycles. The highest BCUT2D eigenvalue weighted by molar-refractivity contribution is 6.00. The topological polar surface area (TPSA) is 82.2 Å². The van der Waals surface area contributed by atoms with E-state index in [1.54, 1.807) is 0 Å². The summed E-state index contributed by atoms with van der Waals surface area (Å²) in [6.07, 6.45) is 7.61. The molecule has 4 aliphatic rings. The Morgan fingerprint density at radius 3 is 2.17 bits per heavy atom. The van der Waals surface area contributed by atoms with Crippen molar-refractivity contribution in [2.24, 2.45) is 5.92 Å². The molecule has 0 radical (unpaired) electrons. The van der Waals surface area contributed by atoms with Gasteiger partial charge >= 0.3 is 0 Å². The second-order valence-corrected chi connectivity index (χ2v) is 10.4. The van der Waals surface area contributed by atoms with E-state index in [1.165, 1.54) is 12.8 Å². The zero-order chi connectivity index (χ0) is 24.2. The Balaban J connectivity index is 1.15. The van der Waals surface area contributed by atoms with Crippen molar-refractivity contribution >= 4 is 23.4 Å². The molecule has 1 aromatic carbocycles. The van der Waals surface area contributed by atoms with Gasteiger partial charge in [-0.05, 0) is 50.7 Å². The molecule has 1 saturated carbocycles. The van der Waals surface area contributed by atoms with Gasteiger partial charge in [-0.15, -0.1) is 0 Å². The molecule has 1 unspecified atom stereocenters. The summed E-state index contributed by atoms with van der Waals surface area (Å²) in [5, 5.41) is 3.27. The molecular weight excluding hydrogens is 444 g/mol. The SMILES string of the molecule is O=C(NC1CCN(c2ccccc2C(=O)N2CCN(C(=O)C3CCCO3)CC2)CC1)C1CCCC1. The summed E-state index contributed by atoms with van der Waals surface area (Å²) in [4.78, 5) is 44.6. The molecule has 1 aromatic rings. The first-order chi connectivity index (χ1) is 17.1. The molecule has 1 atom stereocenters. The second-order valence-electron chi connectivity index (χ2n) is 10.4. The number of hydrogen-bond donors (Lipinski definition) is 1. The lowest BCUT2D eigenvalue weighted by atomic mass is 10.0. The van der Waals surface area contributed by atoms with Gasteiger partial charge in [0.2, 0.25) is 5.91 Å². The van der Waals surface area contributed by atoms with Crippen LogP contribution in [0.1, 0.15) is 61.7 Å². The Hall–Kier alpha value is -2.61. The van der Waals surface area contributed by atoms with Crippen molar-refractivity contribution in [3.05, 3.63) is 29.8 Å². The maximum absolute atomic E-state index is 13.5. The fourth-order valence-corrected chi connectivity index (χ4v) is 5.98. The minimum Gasteiger partial charge on any atom is -0.371 e. The fraction of sp³-hybridized carbons (Fsp3) is 0.667. The van der Waals surface area contributed by atoms with E-state index in [2.05, 4.69) is 10.2 Å². The van der Waals surface area contributed by atoms with Gasteiger partial charge in [0.05, 0.1) is 5.56 Å². The normalized spacial score (nSPS) is 24.1. The summed E-state index contributed by atoms with van der Waals surface area (Å²) in [5.74, 6) is 0.529. The van der Waals surface area contributed by atoms with Crippen LogP contribution in [0.3, 0.4) is 0 Å². The van der Waals surface area contributed by atoms with E-state index < -0.39 is 0 Å². The Kier molecular flexibility index (Phi) is 7.56. The van der Waals surface area contributed by atoms with E-state index in [0.29, 0.717) is 32.8 Å². The van der Waals surface area contributed by atoms with Gasteiger partial charge in [0.15, 0.2) is 0 Å². The van der Waals surface area contributed by atoms with E-state index in [1.807, 2.05) is 34.1 Å². The second kappa shape index (κ2) is 11.0. The maximum Gasteiger partial charge on any atom is 0.256 e. The monoisotopic (exact) mass is 482 g/mol. The molecule has 3 amide bonds. The molecule has 3 saturated heterocycles. The third-order valence-corrected chi connectivity index (χ3v) is 8.13. The number of nitrogens with one attached hydrogen (secondary N) is 1. The number of piperidine rings is 1. The smallest absolute Gasteiger partial charge is 0.256 e. The number of carbonyl (C=O) groups excluding carboxylic acids is 3. The average molecular weight is 483 g/mol. The van der Waals surface area contributed by atoms with Crippen LogP contribution >= 0.6 is 0 Å². The highest BCUT2D eigenvalue weighted by Crippen LogP contribution is 2.28. The minimum atomic E-state index is -0.302. The molecule has 190 valence electrons. The van der Waals surface area contributed by atoms with Gasteiger partial charge in [-0.2, -0.15) is 0 Å². The molecule has 3 aliphatic heterocycles. The number of rotatable bonds is 5. The van der Waals surface area contributed by atoms with Gasteiger partial charge in [-0.25, -0.2) is 0 Å². The number of para-hydroxylation sites is 1. The molecule has 3 heterocycles. The fourth-order valence-electron chi connectivity index (χ4n) is 5.98. The molecule has 1 N–H and O–H groups in total. The Morgan fingerprint density at radius 2 is 1.49 bits per heavy atom. The van der Waals surface area contributed by atoms with Crippen molar-refractivity contribution in [2.75, 3.05) is 50.8 Å². The van der Waals surface area contributed by atoms with Crippen molar-refractivity contribution in [1.29, 1.82) is 0 Å².